The van der Waals surface area contributed by atoms with E-state index < -0.39 is 0 Å². The molecule has 0 aliphatic rings. The first-order valence-electron chi connectivity index (χ1n) is 5.60. The number of anilines is 1. The lowest BCUT2D eigenvalue weighted by Crippen LogP contribution is -2.01. The summed E-state index contributed by atoms with van der Waals surface area (Å²) in [4.78, 5) is 0. The summed E-state index contributed by atoms with van der Waals surface area (Å²) >= 11 is 0. The SMILES string of the molecule is CCn1cc(NCc2ccn(CC)n2)cn1. The molecule has 5 heteroatoms. The zero-order chi connectivity index (χ0) is 11.4. The molecule has 0 bridgehead atoms. The standard InChI is InChI=1S/C11H17N5/c1-3-15-6-5-10(14-15)7-12-11-8-13-16(4-2)9-11/h5-6,8-9,12H,3-4,7H2,1-2H3. The molecule has 0 fully saturated rings. The molecule has 2 aromatic heterocycles. The Morgan fingerprint density at radius 2 is 2.06 bits per heavy atom. The molecule has 2 rings (SSSR count). The van der Waals surface area contributed by atoms with Gasteiger partial charge in [0.1, 0.15) is 0 Å². The van der Waals surface area contributed by atoms with Crippen molar-refractivity contribution in [1.29, 1.82) is 0 Å². The minimum absolute atomic E-state index is 0.738. The molecule has 1 N–H and O–H groups in total. The number of hydrogen-bond donors (Lipinski definition) is 1. The van der Waals surface area contributed by atoms with Crippen molar-refractivity contribution in [2.45, 2.75) is 33.5 Å². The number of rotatable bonds is 5. The third kappa shape index (κ3) is 2.42. The van der Waals surface area contributed by atoms with Crippen LogP contribution in [0.15, 0.2) is 24.7 Å². The first-order chi connectivity index (χ1) is 7.81. The van der Waals surface area contributed by atoms with E-state index >= 15 is 0 Å². The van der Waals surface area contributed by atoms with E-state index in [2.05, 4.69) is 29.4 Å². The molecule has 0 radical (unpaired) electrons. The summed E-state index contributed by atoms with van der Waals surface area (Å²) in [5, 5.41) is 11.9. The van der Waals surface area contributed by atoms with Gasteiger partial charge in [0.25, 0.3) is 0 Å². The molecule has 0 aliphatic carbocycles. The molecule has 0 amide bonds. The average Bonchev–Trinajstić information content (AvgIpc) is 2.95. The monoisotopic (exact) mass is 219 g/mol. The first-order valence-corrected chi connectivity index (χ1v) is 5.60. The van der Waals surface area contributed by atoms with E-state index in [9.17, 15) is 0 Å². The molecule has 0 spiro atoms. The highest BCUT2D eigenvalue weighted by Gasteiger charge is 1.99. The molecule has 0 aromatic carbocycles. The number of aromatic nitrogens is 4. The quantitative estimate of drug-likeness (QED) is 0.833. The Balaban J connectivity index is 1.91. The van der Waals surface area contributed by atoms with Crippen LogP contribution in [0.25, 0.3) is 0 Å². The third-order valence-electron chi connectivity index (χ3n) is 2.45. The van der Waals surface area contributed by atoms with Gasteiger partial charge in [-0.1, -0.05) is 0 Å². The van der Waals surface area contributed by atoms with Gasteiger partial charge in [-0.15, -0.1) is 0 Å². The van der Waals surface area contributed by atoms with Crippen LogP contribution >= 0.6 is 0 Å². The highest BCUT2D eigenvalue weighted by Crippen LogP contribution is 2.06. The summed E-state index contributed by atoms with van der Waals surface area (Å²) in [7, 11) is 0. The number of nitrogens with one attached hydrogen (secondary N) is 1. The van der Waals surface area contributed by atoms with Crippen LogP contribution in [0, 0.1) is 0 Å². The van der Waals surface area contributed by atoms with E-state index in [1.54, 1.807) is 0 Å². The third-order valence-corrected chi connectivity index (χ3v) is 2.45. The van der Waals surface area contributed by atoms with Crippen molar-refractivity contribution in [3.63, 3.8) is 0 Å². The minimum Gasteiger partial charge on any atom is -0.377 e. The zero-order valence-corrected chi connectivity index (χ0v) is 9.72. The van der Waals surface area contributed by atoms with Crippen LogP contribution in [-0.4, -0.2) is 19.6 Å². The predicted octanol–water partition coefficient (Wildman–Crippen LogP) is 1.73. The van der Waals surface area contributed by atoms with E-state index in [4.69, 9.17) is 0 Å². The largest absolute Gasteiger partial charge is 0.377 e. The Kier molecular flexibility index (Phi) is 3.24. The average molecular weight is 219 g/mol. The van der Waals surface area contributed by atoms with Crippen LogP contribution in [0.3, 0.4) is 0 Å². The van der Waals surface area contributed by atoms with Gasteiger partial charge < -0.3 is 5.32 Å². The normalized spacial score (nSPS) is 10.6. The van der Waals surface area contributed by atoms with Gasteiger partial charge in [-0.25, -0.2) is 0 Å². The van der Waals surface area contributed by atoms with E-state index in [-0.39, 0.29) is 0 Å². The van der Waals surface area contributed by atoms with Crippen molar-refractivity contribution in [1.82, 2.24) is 19.6 Å². The lowest BCUT2D eigenvalue weighted by molar-refractivity contribution is 0.649. The Hall–Kier alpha value is -1.78. The summed E-state index contributed by atoms with van der Waals surface area (Å²) in [6.45, 7) is 6.69. The Morgan fingerprint density at radius 1 is 1.25 bits per heavy atom. The summed E-state index contributed by atoms with van der Waals surface area (Å²) in [6.07, 6.45) is 5.82. The lowest BCUT2D eigenvalue weighted by Gasteiger charge is -1.99. The number of nitrogens with zero attached hydrogens (tertiary/aromatic N) is 4. The molecule has 0 unspecified atom stereocenters. The fraction of sp³-hybridized carbons (Fsp3) is 0.455. The molecular formula is C11H17N5. The lowest BCUT2D eigenvalue weighted by atomic mass is 10.4. The van der Waals surface area contributed by atoms with Gasteiger partial charge in [-0.3, -0.25) is 9.36 Å². The smallest absolute Gasteiger partial charge is 0.0815 e. The summed E-state index contributed by atoms with van der Waals surface area (Å²) < 4.78 is 3.82. The van der Waals surface area contributed by atoms with Gasteiger partial charge in [-0.2, -0.15) is 10.2 Å². The maximum Gasteiger partial charge on any atom is 0.0815 e. The molecule has 0 atom stereocenters. The van der Waals surface area contributed by atoms with Crippen LogP contribution in [0.4, 0.5) is 5.69 Å². The van der Waals surface area contributed by atoms with Crippen LogP contribution in [-0.2, 0) is 19.6 Å². The van der Waals surface area contributed by atoms with Gasteiger partial charge in [0.05, 0.1) is 24.1 Å². The summed E-state index contributed by atoms with van der Waals surface area (Å²) in [5.41, 5.74) is 2.08. The fourth-order valence-corrected chi connectivity index (χ4v) is 1.49. The van der Waals surface area contributed by atoms with E-state index in [1.807, 2.05) is 34.0 Å². The van der Waals surface area contributed by atoms with Crippen molar-refractivity contribution in [2.75, 3.05) is 5.32 Å². The molecule has 0 saturated heterocycles. The van der Waals surface area contributed by atoms with E-state index in [0.717, 1.165) is 31.0 Å². The molecule has 2 heterocycles. The Labute approximate surface area is 95.1 Å². The Morgan fingerprint density at radius 3 is 2.69 bits per heavy atom. The topological polar surface area (TPSA) is 47.7 Å². The Bertz CT molecular complexity index is 400. The van der Waals surface area contributed by atoms with E-state index in [0.29, 0.717) is 0 Å². The van der Waals surface area contributed by atoms with Crippen LogP contribution in [0.5, 0.6) is 0 Å². The number of aryl methyl sites for hydroxylation is 2. The van der Waals surface area contributed by atoms with Crippen molar-refractivity contribution in [3.05, 3.63) is 30.4 Å². The van der Waals surface area contributed by atoms with Crippen LogP contribution in [0.1, 0.15) is 19.5 Å². The first kappa shape index (κ1) is 10.7. The van der Waals surface area contributed by atoms with Gasteiger partial charge in [-0.05, 0) is 19.9 Å². The number of hydrogen-bond acceptors (Lipinski definition) is 3. The molecule has 16 heavy (non-hydrogen) atoms. The second kappa shape index (κ2) is 4.83. The molecule has 0 aliphatic heterocycles. The summed E-state index contributed by atoms with van der Waals surface area (Å²) in [6, 6.07) is 2.03. The molecule has 0 saturated carbocycles. The highest BCUT2D eigenvalue weighted by molar-refractivity contribution is 5.38. The van der Waals surface area contributed by atoms with Crippen molar-refractivity contribution in [2.24, 2.45) is 0 Å². The summed E-state index contributed by atoms with van der Waals surface area (Å²) in [5.74, 6) is 0. The van der Waals surface area contributed by atoms with Crippen LogP contribution in [0.2, 0.25) is 0 Å². The maximum atomic E-state index is 4.40. The van der Waals surface area contributed by atoms with Crippen molar-refractivity contribution < 1.29 is 0 Å². The van der Waals surface area contributed by atoms with Gasteiger partial charge >= 0.3 is 0 Å². The molecular weight excluding hydrogens is 202 g/mol. The van der Waals surface area contributed by atoms with Crippen molar-refractivity contribution >= 4 is 5.69 Å². The van der Waals surface area contributed by atoms with Crippen LogP contribution < -0.4 is 5.32 Å². The zero-order valence-electron chi connectivity index (χ0n) is 9.72. The van der Waals surface area contributed by atoms with Gasteiger partial charge in [0.2, 0.25) is 0 Å². The molecule has 2 aromatic rings. The van der Waals surface area contributed by atoms with Crippen molar-refractivity contribution in [3.8, 4) is 0 Å². The fourth-order valence-electron chi connectivity index (χ4n) is 1.49. The predicted molar refractivity (Wildman–Crippen MR) is 63.1 cm³/mol. The second-order valence-corrected chi connectivity index (χ2v) is 3.60. The van der Waals surface area contributed by atoms with E-state index in [1.165, 1.54) is 0 Å². The molecule has 5 nitrogen and oxygen atoms in total. The second-order valence-electron chi connectivity index (χ2n) is 3.60. The van der Waals surface area contributed by atoms with Gasteiger partial charge in [0, 0.05) is 25.5 Å². The van der Waals surface area contributed by atoms with Gasteiger partial charge in [0.15, 0.2) is 0 Å². The molecule has 86 valence electrons. The maximum absolute atomic E-state index is 4.40. The minimum atomic E-state index is 0.738. The highest BCUT2D eigenvalue weighted by atomic mass is 15.3.